The van der Waals surface area contributed by atoms with Gasteiger partial charge in [-0.2, -0.15) is 5.26 Å². The minimum absolute atomic E-state index is 0.155. The summed E-state index contributed by atoms with van der Waals surface area (Å²) < 4.78 is 22.9. The van der Waals surface area contributed by atoms with E-state index < -0.39 is 0 Å². The van der Waals surface area contributed by atoms with Crippen molar-refractivity contribution in [3.63, 3.8) is 0 Å². The minimum Gasteiger partial charge on any atom is -0.490 e. The molecular weight excluding hydrogens is 420 g/mol. The van der Waals surface area contributed by atoms with Crippen LogP contribution in [-0.4, -0.2) is 30.6 Å². The Bertz CT molecular complexity index is 1160. The van der Waals surface area contributed by atoms with Crippen LogP contribution >= 0.6 is 0 Å². The molecule has 0 radical (unpaired) electrons. The zero-order chi connectivity index (χ0) is 23.2. The first kappa shape index (κ1) is 22.3. The van der Waals surface area contributed by atoms with Gasteiger partial charge in [0.1, 0.15) is 18.1 Å². The fourth-order valence-electron chi connectivity index (χ4n) is 3.78. The van der Waals surface area contributed by atoms with Gasteiger partial charge in [0, 0.05) is 13.1 Å². The standard InChI is InChI=1S/C26H26N2O5/c1-3-30-24-13-19-11-12-28(16-20(19)14-25(24)31-4-2)26(29)23-10-9-22(33-23)17-32-21-7-5-18(15-27)6-8-21/h5-10,13-14H,3-4,11-12,16-17H2,1-2H3. The number of hydrogen-bond donors (Lipinski definition) is 0. The Kier molecular flexibility index (Phi) is 6.84. The van der Waals surface area contributed by atoms with E-state index in [0.29, 0.717) is 49.1 Å². The summed E-state index contributed by atoms with van der Waals surface area (Å²) in [7, 11) is 0. The van der Waals surface area contributed by atoms with Crippen LogP contribution in [0.5, 0.6) is 17.2 Å². The molecule has 0 aliphatic carbocycles. The van der Waals surface area contributed by atoms with Crippen molar-refractivity contribution in [2.75, 3.05) is 19.8 Å². The van der Waals surface area contributed by atoms with Crippen LogP contribution in [0.1, 0.15) is 46.9 Å². The van der Waals surface area contributed by atoms with Crippen molar-refractivity contribution in [2.45, 2.75) is 33.4 Å². The van der Waals surface area contributed by atoms with Crippen LogP contribution in [0.4, 0.5) is 0 Å². The van der Waals surface area contributed by atoms with E-state index in [0.717, 1.165) is 17.7 Å². The number of benzene rings is 2. The SMILES string of the molecule is CCOc1cc2c(cc1OCC)CN(C(=O)c1ccc(COc3ccc(C#N)cc3)o1)CC2. The summed E-state index contributed by atoms with van der Waals surface area (Å²) in [4.78, 5) is 14.8. The third kappa shape index (κ3) is 5.12. The predicted molar refractivity (Wildman–Crippen MR) is 121 cm³/mol. The van der Waals surface area contributed by atoms with Crippen molar-refractivity contribution in [1.82, 2.24) is 4.90 Å². The van der Waals surface area contributed by atoms with Crippen LogP contribution in [0.15, 0.2) is 52.9 Å². The molecule has 3 aromatic rings. The number of hydrogen-bond acceptors (Lipinski definition) is 6. The Morgan fingerprint density at radius 3 is 2.36 bits per heavy atom. The number of carbonyl (C=O) groups excluding carboxylic acids is 1. The Morgan fingerprint density at radius 1 is 1.00 bits per heavy atom. The van der Waals surface area contributed by atoms with Crippen molar-refractivity contribution >= 4 is 5.91 Å². The zero-order valence-corrected chi connectivity index (χ0v) is 18.8. The maximum Gasteiger partial charge on any atom is 0.289 e. The Morgan fingerprint density at radius 2 is 1.70 bits per heavy atom. The van der Waals surface area contributed by atoms with Gasteiger partial charge in [0.15, 0.2) is 17.3 Å². The van der Waals surface area contributed by atoms with Gasteiger partial charge in [-0.3, -0.25) is 4.79 Å². The first-order chi connectivity index (χ1) is 16.1. The number of nitriles is 1. The lowest BCUT2D eigenvalue weighted by molar-refractivity contribution is 0.0698. The van der Waals surface area contributed by atoms with Gasteiger partial charge >= 0.3 is 0 Å². The molecule has 1 amide bonds. The van der Waals surface area contributed by atoms with Gasteiger partial charge in [0.25, 0.3) is 5.91 Å². The molecule has 0 unspecified atom stereocenters. The second-order valence-corrected chi connectivity index (χ2v) is 7.60. The van der Waals surface area contributed by atoms with Gasteiger partial charge in [0.05, 0.1) is 24.8 Å². The van der Waals surface area contributed by atoms with Gasteiger partial charge in [-0.25, -0.2) is 0 Å². The molecule has 2 aromatic carbocycles. The number of ether oxygens (including phenoxy) is 3. The summed E-state index contributed by atoms with van der Waals surface area (Å²) in [6, 6.07) is 16.3. The number of nitrogens with zero attached hydrogens (tertiary/aromatic N) is 2. The predicted octanol–water partition coefficient (Wildman–Crippen LogP) is 4.73. The second kappa shape index (κ2) is 10.1. The molecule has 0 spiro atoms. The number of amides is 1. The van der Waals surface area contributed by atoms with Gasteiger partial charge < -0.3 is 23.5 Å². The van der Waals surface area contributed by atoms with Crippen LogP contribution in [0.2, 0.25) is 0 Å². The highest BCUT2D eigenvalue weighted by Gasteiger charge is 2.25. The summed E-state index contributed by atoms with van der Waals surface area (Å²) in [5, 5.41) is 8.87. The fraction of sp³-hybridized carbons (Fsp3) is 0.308. The minimum atomic E-state index is -0.155. The third-order valence-electron chi connectivity index (χ3n) is 5.40. The molecule has 0 bridgehead atoms. The van der Waals surface area contributed by atoms with E-state index in [4.69, 9.17) is 23.9 Å². The quantitative estimate of drug-likeness (QED) is 0.498. The highest BCUT2D eigenvalue weighted by molar-refractivity contribution is 5.91. The smallest absolute Gasteiger partial charge is 0.289 e. The zero-order valence-electron chi connectivity index (χ0n) is 18.8. The molecule has 1 aliphatic heterocycles. The summed E-state index contributed by atoms with van der Waals surface area (Å²) in [6.07, 6.45) is 0.739. The third-order valence-corrected chi connectivity index (χ3v) is 5.40. The normalized spacial score (nSPS) is 12.6. The maximum absolute atomic E-state index is 13.1. The first-order valence-corrected chi connectivity index (χ1v) is 11.0. The summed E-state index contributed by atoms with van der Waals surface area (Å²) in [5.41, 5.74) is 2.79. The topological polar surface area (TPSA) is 84.9 Å². The number of carbonyl (C=O) groups is 1. The molecule has 0 fully saturated rings. The molecule has 2 heterocycles. The lowest BCUT2D eigenvalue weighted by atomic mass is 9.98. The van der Waals surface area contributed by atoms with E-state index in [1.807, 2.05) is 26.0 Å². The Hall–Kier alpha value is -3.92. The van der Waals surface area contributed by atoms with E-state index in [1.165, 1.54) is 5.56 Å². The van der Waals surface area contributed by atoms with Crippen molar-refractivity contribution in [1.29, 1.82) is 5.26 Å². The van der Waals surface area contributed by atoms with Crippen molar-refractivity contribution in [2.24, 2.45) is 0 Å². The average Bonchev–Trinajstić information content (AvgIpc) is 3.32. The molecule has 7 nitrogen and oxygen atoms in total. The Labute approximate surface area is 193 Å². The van der Waals surface area contributed by atoms with Crippen LogP contribution < -0.4 is 14.2 Å². The second-order valence-electron chi connectivity index (χ2n) is 7.60. The van der Waals surface area contributed by atoms with Gasteiger partial charge in [-0.05, 0) is 79.9 Å². The van der Waals surface area contributed by atoms with Crippen molar-refractivity contribution in [3.8, 4) is 23.3 Å². The first-order valence-electron chi connectivity index (χ1n) is 11.0. The van der Waals surface area contributed by atoms with Gasteiger partial charge in [-0.15, -0.1) is 0 Å². The monoisotopic (exact) mass is 446 g/mol. The summed E-state index contributed by atoms with van der Waals surface area (Å²) >= 11 is 0. The largest absolute Gasteiger partial charge is 0.490 e. The Balaban J connectivity index is 1.41. The number of fused-ring (bicyclic) bond motifs is 1. The molecule has 0 saturated carbocycles. The molecule has 170 valence electrons. The number of furan rings is 1. The van der Waals surface area contributed by atoms with E-state index in [1.54, 1.807) is 41.3 Å². The molecule has 33 heavy (non-hydrogen) atoms. The molecule has 7 heteroatoms. The fourth-order valence-corrected chi connectivity index (χ4v) is 3.78. The molecule has 4 rings (SSSR count). The van der Waals surface area contributed by atoms with Gasteiger partial charge in [0.2, 0.25) is 0 Å². The molecule has 0 saturated heterocycles. The highest BCUT2D eigenvalue weighted by Crippen LogP contribution is 2.34. The van der Waals surface area contributed by atoms with E-state index in [2.05, 4.69) is 6.07 Å². The van der Waals surface area contributed by atoms with E-state index in [9.17, 15) is 4.79 Å². The molecule has 0 atom stereocenters. The molecule has 1 aliphatic rings. The summed E-state index contributed by atoms with van der Waals surface area (Å²) in [5.74, 6) is 2.76. The molecule has 1 aromatic heterocycles. The van der Waals surface area contributed by atoms with Crippen molar-refractivity contribution in [3.05, 3.63) is 76.7 Å². The summed E-state index contributed by atoms with van der Waals surface area (Å²) in [6.45, 7) is 6.27. The molecule has 0 N–H and O–H groups in total. The van der Waals surface area contributed by atoms with Crippen LogP contribution in [0, 0.1) is 11.3 Å². The maximum atomic E-state index is 13.1. The lowest BCUT2D eigenvalue weighted by Gasteiger charge is -2.29. The van der Waals surface area contributed by atoms with E-state index in [-0.39, 0.29) is 18.3 Å². The van der Waals surface area contributed by atoms with Gasteiger partial charge in [-0.1, -0.05) is 0 Å². The average molecular weight is 447 g/mol. The van der Waals surface area contributed by atoms with Crippen LogP contribution in [0.3, 0.4) is 0 Å². The number of rotatable bonds is 8. The highest BCUT2D eigenvalue weighted by atomic mass is 16.5. The lowest BCUT2D eigenvalue weighted by Crippen LogP contribution is -2.35. The van der Waals surface area contributed by atoms with Crippen LogP contribution in [0.25, 0.3) is 0 Å². The van der Waals surface area contributed by atoms with E-state index >= 15 is 0 Å². The van der Waals surface area contributed by atoms with Crippen LogP contribution in [-0.2, 0) is 19.6 Å². The van der Waals surface area contributed by atoms with Crippen molar-refractivity contribution < 1.29 is 23.4 Å². The molecular formula is C26H26N2O5.